The summed E-state index contributed by atoms with van der Waals surface area (Å²) < 4.78 is 5.50. The van der Waals surface area contributed by atoms with Gasteiger partial charge in [0.25, 0.3) is 0 Å². The Bertz CT molecular complexity index is 751. The van der Waals surface area contributed by atoms with E-state index >= 15 is 0 Å². The highest BCUT2D eigenvalue weighted by molar-refractivity contribution is 7.80. The summed E-state index contributed by atoms with van der Waals surface area (Å²) in [6.07, 6.45) is 7.11. The number of nitrogens with one attached hydrogen (secondary N) is 2. The Morgan fingerprint density at radius 1 is 1.11 bits per heavy atom. The Labute approximate surface area is 168 Å². The van der Waals surface area contributed by atoms with Crippen molar-refractivity contribution >= 4 is 23.0 Å². The summed E-state index contributed by atoms with van der Waals surface area (Å²) in [4.78, 5) is 0. The van der Waals surface area contributed by atoms with Crippen molar-refractivity contribution in [3.63, 3.8) is 0 Å². The largest absolute Gasteiger partial charge is 0.494 e. The fourth-order valence-electron chi connectivity index (χ4n) is 3.94. The summed E-state index contributed by atoms with van der Waals surface area (Å²) in [7, 11) is 0. The molecule has 3 rings (SSSR count). The first-order chi connectivity index (χ1) is 13.1. The molecular formula is C23H30N2OS. The maximum Gasteiger partial charge on any atom is 0.171 e. The molecule has 2 aromatic rings. The van der Waals surface area contributed by atoms with E-state index in [-0.39, 0.29) is 5.54 Å². The van der Waals surface area contributed by atoms with Crippen molar-refractivity contribution in [2.24, 2.45) is 0 Å². The predicted octanol–water partition coefficient (Wildman–Crippen LogP) is 5.63. The quantitative estimate of drug-likeness (QED) is 0.608. The maximum absolute atomic E-state index is 5.63. The fourth-order valence-corrected chi connectivity index (χ4v) is 4.28. The summed E-state index contributed by atoms with van der Waals surface area (Å²) in [6.45, 7) is 4.82. The molecule has 1 fully saturated rings. The zero-order valence-electron chi connectivity index (χ0n) is 16.4. The molecule has 1 aliphatic rings. The van der Waals surface area contributed by atoms with Gasteiger partial charge in [0, 0.05) is 11.2 Å². The Morgan fingerprint density at radius 3 is 2.52 bits per heavy atom. The smallest absolute Gasteiger partial charge is 0.171 e. The van der Waals surface area contributed by atoms with Gasteiger partial charge in [-0.15, -0.1) is 0 Å². The molecule has 2 N–H and O–H groups in total. The Kier molecular flexibility index (Phi) is 6.73. The van der Waals surface area contributed by atoms with Crippen LogP contribution in [0.2, 0.25) is 0 Å². The summed E-state index contributed by atoms with van der Waals surface area (Å²) in [5.74, 6) is 0.882. The van der Waals surface area contributed by atoms with E-state index in [1.807, 2.05) is 31.2 Å². The Morgan fingerprint density at radius 2 is 1.85 bits per heavy atom. The summed E-state index contributed by atoms with van der Waals surface area (Å²) in [5.41, 5.74) is 3.84. The van der Waals surface area contributed by atoms with Crippen LogP contribution in [0.4, 0.5) is 5.69 Å². The molecular weight excluding hydrogens is 352 g/mol. The van der Waals surface area contributed by atoms with Crippen molar-refractivity contribution in [2.45, 2.75) is 57.9 Å². The molecule has 1 aliphatic carbocycles. The highest BCUT2D eigenvalue weighted by atomic mass is 32.1. The molecule has 144 valence electrons. The van der Waals surface area contributed by atoms with Gasteiger partial charge < -0.3 is 15.4 Å². The first-order valence-corrected chi connectivity index (χ1v) is 10.4. The van der Waals surface area contributed by atoms with Crippen molar-refractivity contribution in [3.05, 3.63) is 59.7 Å². The summed E-state index contributed by atoms with van der Waals surface area (Å²) in [6, 6.07) is 16.8. The van der Waals surface area contributed by atoms with Crippen molar-refractivity contribution in [1.29, 1.82) is 0 Å². The van der Waals surface area contributed by atoms with Crippen LogP contribution < -0.4 is 15.4 Å². The molecule has 0 amide bonds. The standard InChI is InChI=1S/C23H30N2OS/c1-3-26-21-11-9-20(10-12-21)24-22(27)25-23(14-4-5-15-23)16-13-19-8-6-7-18(2)17-19/h6-12,17H,3-5,13-16H2,1-2H3,(H2,24,25,27). The van der Waals surface area contributed by atoms with Crippen LogP contribution in [-0.2, 0) is 6.42 Å². The lowest BCUT2D eigenvalue weighted by Crippen LogP contribution is -2.48. The first kappa shape index (κ1) is 19.7. The van der Waals surface area contributed by atoms with Crippen molar-refractivity contribution < 1.29 is 4.74 Å². The molecule has 0 atom stereocenters. The number of benzene rings is 2. The van der Waals surface area contributed by atoms with Gasteiger partial charge in [-0.2, -0.15) is 0 Å². The topological polar surface area (TPSA) is 33.3 Å². The molecule has 1 saturated carbocycles. The average molecular weight is 383 g/mol. The van der Waals surface area contributed by atoms with E-state index in [1.54, 1.807) is 0 Å². The predicted molar refractivity (Wildman–Crippen MR) is 118 cm³/mol. The van der Waals surface area contributed by atoms with Gasteiger partial charge in [0.05, 0.1) is 6.61 Å². The van der Waals surface area contributed by atoms with Crippen molar-refractivity contribution in [3.8, 4) is 5.75 Å². The molecule has 0 bridgehead atoms. The van der Waals surface area contributed by atoms with E-state index in [1.165, 1.54) is 36.8 Å². The SMILES string of the molecule is CCOc1ccc(NC(=S)NC2(CCc3cccc(C)c3)CCCC2)cc1. The number of hydrogen-bond acceptors (Lipinski definition) is 2. The van der Waals surface area contributed by atoms with Crippen LogP contribution >= 0.6 is 12.2 Å². The van der Waals surface area contributed by atoms with E-state index in [0.29, 0.717) is 11.7 Å². The molecule has 0 spiro atoms. The summed E-state index contributed by atoms with van der Waals surface area (Å²) in [5, 5.41) is 7.70. The molecule has 27 heavy (non-hydrogen) atoms. The van der Waals surface area contributed by atoms with Crippen molar-refractivity contribution in [2.75, 3.05) is 11.9 Å². The molecule has 2 aromatic carbocycles. The van der Waals surface area contributed by atoms with Gasteiger partial charge >= 0.3 is 0 Å². The minimum absolute atomic E-state index is 0.110. The van der Waals surface area contributed by atoms with E-state index in [0.717, 1.165) is 24.3 Å². The fraction of sp³-hybridized carbons (Fsp3) is 0.435. The molecule has 4 heteroatoms. The van der Waals surface area contributed by atoms with Crippen LogP contribution in [0.15, 0.2) is 48.5 Å². The second-order valence-electron chi connectivity index (χ2n) is 7.51. The third-order valence-corrected chi connectivity index (χ3v) is 5.54. The molecule has 0 radical (unpaired) electrons. The number of hydrogen-bond donors (Lipinski definition) is 2. The van der Waals surface area contributed by atoms with Crippen LogP contribution in [0.25, 0.3) is 0 Å². The normalized spacial score (nSPS) is 15.3. The van der Waals surface area contributed by atoms with E-state index in [2.05, 4.69) is 41.8 Å². The van der Waals surface area contributed by atoms with Crippen molar-refractivity contribution in [1.82, 2.24) is 5.32 Å². The Hall–Kier alpha value is -2.07. The van der Waals surface area contributed by atoms with Gasteiger partial charge in [-0.1, -0.05) is 42.7 Å². The van der Waals surface area contributed by atoms with Crippen LogP contribution in [0.3, 0.4) is 0 Å². The van der Waals surface area contributed by atoms with Gasteiger partial charge in [-0.25, -0.2) is 0 Å². The second kappa shape index (κ2) is 9.23. The first-order valence-electron chi connectivity index (χ1n) is 9.96. The highest BCUT2D eigenvalue weighted by Crippen LogP contribution is 2.34. The summed E-state index contributed by atoms with van der Waals surface area (Å²) >= 11 is 5.63. The molecule has 0 unspecified atom stereocenters. The number of ether oxygens (including phenoxy) is 1. The minimum atomic E-state index is 0.110. The van der Waals surface area contributed by atoms with E-state index < -0.39 is 0 Å². The Balaban J connectivity index is 1.58. The zero-order valence-corrected chi connectivity index (χ0v) is 17.2. The van der Waals surface area contributed by atoms with Crippen LogP contribution in [0, 0.1) is 6.92 Å². The average Bonchev–Trinajstić information content (AvgIpc) is 3.11. The second-order valence-corrected chi connectivity index (χ2v) is 7.92. The van der Waals surface area contributed by atoms with Gasteiger partial charge in [-0.05, 0) is 81.6 Å². The lowest BCUT2D eigenvalue weighted by molar-refractivity contribution is 0.340. The molecule has 0 heterocycles. The number of rotatable bonds is 7. The van der Waals surface area contributed by atoms with Gasteiger partial charge in [0.2, 0.25) is 0 Å². The molecule has 0 saturated heterocycles. The van der Waals surface area contributed by atoms with Crippen LogP contribution in [-0.4, -0.2) is 17.3 Å². The van der Waals surface area contributed by atoms with Crippen LogP contribution in [0.1, 0.15) is 50.2 Å². The van der Waals surface area contributed by atoms with Gasteiger partial charge in [0.1, 0.15) is 5.75 Å². The third-order valence-electron chi connectivity index (χ3n) is 5.34. The highest BCUT2D eigenvalue weighted by Gasteiger charge is 2.34. The number of anilines is 1. The van der Waals surface area contributed by atoms with Gasteiger partial charge in [-0.3, -0.25) is 0 Å². The maximum atomic E-state index is 5.63. The molecule has 0 aromatic heterocycles. The number of aryl methyl sites for hydroxylation is 2. The van der Waals surface area contributed by atoms with E-state index in [9.17, 15) is 0 Å². The van der Waals surface area contributed by atoms with Gasteiger partial charge in [0.15, 0.2) is 5.11 Å². The molecule has 0 aliphatic heterocycles. The minimum Gasteiger partial charge on any atom is -0.494 e. The third kappa shape index (κ3) is 5.70. The van der Waals surface area contributed by atoms with Crippen LogP contribution in [0.5, 0.6) is 5.75 Å². The monoisotopic (exact) mass is 382 g/mol. The zero-order chi connectivity index (χ0) is 19.1. The lowest BCUT2D eigenvalue weighted by Gasteiger charge is -2.32. The molecule has 3 nitrogen and oxygen atoms in total. The van der Waals surface area contributed by atoms with E-state index in [4.69, 9.17) is 17.0 Å². The lowest BCUT2D eigenvalue weighted by atomic mass is 9.89. The number of thiocarbonyl (C=S) groups is 1.